The fraction of sp³-hybridized carbons (Fsp3) is 0.158. The normalized spacial score (nSPS) is 12.4. The van der Waals surface area contributed by atoms with Gasteiger partial charge in [0.05, 0.1) is 36.1 Å². The first-order chi connectivity index (χ1) is 12.2. The summed E-state index contributed by atoms with van der Waals surface area (Å²) in [6.45, 7) is 1.07. The Kier molecular flexibility index (Phi) is 4.13. The molecule has 2 aromatic carbocycles. The van der Waals surface area contributed by atoms with Crippen LogP contribution >= 0.6 is 15.9 Å². The van der Waals surface area contributed by atoms with Gasteiger partial charge in [-0.1, -0.05) is 18.2 Å². The second kappa shape index (κ2) is 6.44. The lowest BCUT2D eigenvalue weighted by Gasteiger charge is -2.11. The average Bonchev–Trinajstić information content (AvgIpc) is 3.17. The molecule has 1 aliphatic rings. The van der Waals surface area contributed by atoms with Crippen LogP contribution in [-0.2, 0) is 13.1 Å². The summed E-state index contributed by atoms with van der Waals surface area (Å²) in [6, 6.07) is 12.6. The highest BCUT2D eigenvalue weighted by Gasteiger charge is 2.22. The van der Waals surface area contributed by atoms with Crippen molar-refractivity contribution in [2.24, 2.45) is 4.99 Å². The third-order valence-corrected chi connectivity index (χ3v) is 4.82. The van der Waals surface area contributed by atoms with Crippen LogP contribution < -0.4 is 4.74 Å². The van der Waals surface area contributed by atoms with Crippen molar-refractivity contribution in [1.82, 2.24) is 9.78 Å². The Morgan fingerprint density at radius 3 is 2.84 bits per heavy atom. The summed E-state index contributed by atoms with van der Waals surface area (Å²) in [7, 11) is 1.63. The lowest BCUT2D eigenvalue weighted by Crippen LogP contribution is -2.06. The van der Waals surface area contributed by atoms with E-state index in [1.807, 2.05) is 28.9 Å². The molecule has 25 heavy (non-hydrogen) atoms. The number of ether oxygens (including phenoxy) is 1. The Morgan fingerprint density at radius 1 is 1.24 bits per heavy atom. The van der Waals surface area contributed by atoms with E-state index >= 15 is 0 Å². The molecule has 0 N–H and O–H groups in total. The van der Waals surface area contributed by atoms with Gasteiger partial charge in [0.1, 0.15) is 11.6 Å². The summed E-state index contributed by atoms with van der Waals surface area (Å²) in [5, 5.41) is 4.65. The zero-order valence-electron chi connectivity index (χ0n) is 13.5. The van der Waals surface area contributed by atoms with E-state index in [0.29, 0.717) is 18.7 Å². The van der Waals surface area contributed by atoms with E-state index in [1.54, 1.807) is 25.5 Å². The number of benzene rings is 2. The summed E-state index contributed by atoms with van der Waals surface area (Å²) in [5.74, 6) is 0.510. The molecular weight excluding hydrogens is 385 g/mol. The number of methoxy groups -OCH3 is 1. The van der Waals surface area contributed by atoms with Crippen LogP contribution in [0.5, 0.6) is 5.75 Å². The van der Waals surface area contributed by atoms with Crippen LogP contribution in [0.2, 0.25) is 0 Å². The van der Waals surface area contributed by atoms with Gasteiger partial charge in [0.2, 0.25) is 0 Å². The van der Waals surface area contributed by atoms with Gasteiger partial charge in [-0.15, -0.1) is 0 Å². The molecule has 0 aliphatic carbocycles. The lowest BCUT2D eigenvalue weighted by molar-refractivity contribution is 0.412. The second-order valence-corrected chi connectivity index (χ2v) is 6.64. The van der Waals surface area contributed by atoms with Crippen molar-refractivity contribution < 1.29 is 9.13 Å². The fourth-order valence-corrected chi connectivity index (χ4v) is 3.62. The van der Waals surface area contributed by atoms with Gasteiger partial charge in [0.25, 0.3) is 0 Å². The largest absolute Gasteiger partial charge is 0.496 e. The molecule has 126 valence electrons. The molecule has 4 nitrogen and oxygen atoms in total. The number of hydrogen-bond donors (Lipinski definition) is 0. The Labute approximate surface area is 153 Å². The van der Waals surface area contributed by atoms with Crippen LogP contribution in [0, 0.1) is 5.82 Å². The number of halogens is 2. The number of hydrogen-bond acceptors (Lipinski definition) is 3. The highest BCUT2D eigenvalue weighted by Crippen LogP contribution is 2.32. The molecule has 0 radical (unpaired) electrons. The van der Waals surface area contributed by atoms with Crippen LogP contribution in [0.15, 0.2) is 51.9 Å². The number of aliphatic imine (C=N–C) groups is 1. The van der Waals surface area contributed by atoms with E-state index in [9.17, 15) is 4.39 Å². The number of fused-ring (bicyclic) bond motifs is 1. The predicted molar refractivity (Wildman–Crippen MR) is 98.7 cm³/mol. The molecule has 6 heteroatoms. The van der Waals surface area contributed by atoms with Gasteiger partial charge in [0.15, 0.2) is 0 Å². The van der Waals surface area contributed by atoms with Crippen molar-refractivity contribution in [3.05, 3.63) is 69.6 Å². The van der Waals surface area contributed by atoms with E-state index < -0.39 is 0 Å². The van der Waals surface area contributed by atoms with E-state index in [1.165, 1.54) is 6.07 Å². The van der Waals surface area contributed by atoms with Crippen molar-refractivity contribution in [3.63, 3.8) is 0 Å². The molecule has 0 unspecified atom stereocenters. The standard InChI is InChI=1S/C19H15BrFN3O/c1-25-18-7-6-12(8-15(18)20)11-24-19(13-4-2-3-5-16(13)21)14-9-22-10-17(14)23-24/h2-9H,10-11H2,1H3. The minimum Gasteiger partial charge on any atom is -0.496 e. The Balaban J connectivity index is 1.80. The Morgan fingerprint density at radius 2 is 2.08 bits per heavy atom. The van der Waals surface area contributed by atoms with Gasteiger partial charge in [-0.05, 0) is 45.8 Å². The van der Waals surface area contributed by atoms with Crippen molar-refractivity contribution in [1.29, 1.82) is 0 Å². The van der Waals surface area contributed by atoms with E-state index in [0.717, 1.165) is 32.7 Å². The second-order valence-electron chi connectivity index (χ2n) is 5.79. The lowest BCUT2D eigenvalue weighted by atomic mass is 10.1. The molecule has 0 saturated carbocycles. The summed E-state index contributed by atoms with van der Waals surface area (Å²) in [5.41, 5.74) is 4.13. The highest BCUT2D eigenvalue weighted by molar-refractivity contribution is 9.10. The molecule has 3 aromatic rings. The van der Waals surface area contributed by atoms with Crippen LogP contribution in [0.3, 0.4) is 0 Å². The van der Waals surface area contributed by atoms with Gasteiger partial charge >= 0.3 is 0 Å². The highest BCUT2D eigenvalue weighted by atomic mass is 79.9. The Hall–Kier alpha value is -2.47. The number of nitrogens with zero attached hydrogens (tertiary/aromatic N) is 3. The van der Waals surface area contributed by atoms with Crippen LogP contribution in [0.1, 0.15) is 16.8 Å². The van der Waals surface area contributed by atoms with Crippen LogP contribution in [0.25, 0.3) is 11.3 Å². The molecule has 0 saturated heterocycles. The maximum atomic E-state index is 14.4. The third-order valence-electron chi connectivity index (χ3n) is 4.20. The van der Waals surface area contributed by atoms with Gasteiger partial charge in [-0.3, -0.25) is 9.67 Å². The molecule has 2 heterocycles. The minimum atomic E-state index is -0.261. The van der Waals surface area contributed by atoms with Crippen LogP contribution in [-0.4, -0.2) is 23.1 Å². The topological polar surface area (TPSA) is 39.4 Å². The van der Waals surface area contributed by atoms with Gasteiger partial charge in [-0.2, -0.15) is 5.10 Å². The summed E-state index contributed by atoms with van der Waals surface area (Å²) in [4.78, 5) is 4.26. The first-order valence-electron chi connectivity index (χ1n) is 7.84. The molecule has 0 amide bonds. The molecular formula is C19H15BrFN3O. The monoisotopic (exact) mass is 399 g/mol. The van der Waals surface area contributed by atoms with Gasteiger partial charge in [0, 0.05) is 17.3 Å². The van der Waals surface area contributed by atoms with Crippen LogP contribution in [0.4, 0.5) is 4.39 Å². The molecule has 0 bridgehead atoms. The maximum absolute atomic E-state index is 14.4. The first kappa shape index (κ1) is 16.0. The minimum absolute atomic E-state index is 0.261. The van der Waals surface area contributed by atoms with Crippen molar-refractivity contribution in [2.45, 2.75) is 13.1 Å². The number of rotatable bonds is 4. The fourth-order valence-electron chi connectivity index (χ4n) is 3.03. The van der Waals surface area contributed by atoms with Gasteiger partial charge < -0.3 is 4.74 Å². The molecule has 0 spiro atoms. The summed E-state index contributed by atoms with van der Waals surface area (Å²) in [6.07, 6.45) is 1.78. The maximum Gasteiger partial charge on any atom is 0.133 e. The van der Waals surface area contributed by atoms with Crippen molar-refractivity contribution >= 4 is 22.1 Å². The molecule has 1 aliphatic heterocycles. The first-order valence-corrected chi connectivity index (χ1v) is 8.63. The smallest absolute Gasteiger partial charge is 0.133 e. The predicted octanol–water partition coefficient (Wildman–Crippen LogP) is 4.44. The van der Waals surface area contributed by atoms with E-state index in [4.69, 9.17) is 4.74 Å². The van der Waals surface area contributed by atoms with Gasteiger partial charge in [-0.25, -0.2) is 4.39 Å². The van der Waals surface area contributed by atoms with E-state index in [-0.39, 0.29) is 5.82 Å². The average molecular weight is 400 g/mol. The zero-order chi connectivity index (χ0) is 17.4. The summed E-state index contributed by atoms with van der Waals surface area (Å²) >= 11 is 3.50. The molecule has 0 atom stereocenters. The zero-order valence-corrected chi connectivity index (χ0v) is 15.1. The number of aromatic nitrogens is 2. The molecule has 0 fully saturated rings. The van der Waals surface area contributed by atoms with Crippen molar-refractivity contribution in [3.8, 4) is 17.0 Å². The van der Waals surface area contributed by atoms with E-state index in [2.05, 4.69) is 26.0 Å². The molecule has 4 rings (SSSR count). The third kappa shape index (κ3) is 2.87. The summed E-state index contributed by atoms with van der Waals surface area (Å²) < 4.78 is 22.4. The van der Waals surface area contributed by atoms with Crippen molar-refractivity contribution in [2.75, 3.05) is 7.11 Å². The quantitative estimate of drug-likeness (QED) is 0.650. The SMILES string of the molecule is COc1ccc(Cn2nc3c(c2-c2ccccc2F)C=NC3)cc1Br. The Bertz CT molecular complexity index is 981. The molecule has 1 aromatic heterocycles.